The minimum atomic E-state index is -0.472. The zero-order chi connectivity index (χ0) is 17.1. The molecule has 0 unspecified atom stereocenters. The van der Waals surface area contributed by atoms with Crippen molar-refractivity contribution in [1.29, 1.82) is 0 Å². The van der Waals surface area contributed by atoms with Crippen molar-refractivity contribution in [3.8, 4) is 16.5 Å². The normalized spacial score (nSPS) is 10.6. The fourth-order valence-electron chi connectivity index (χ4n) is 1.69. The van der Waals surface area contributed by atoms with Crippen molar-refractivity contribution in [2.75, 3.05) is 11.9 Å². The van der Waals surface area contributed by atoms with Crippen LogP contribution in [0.5, 0.6) is 5.75 Å². The number of halogens is 3. The van der Waals surface area contributed by atoms with Gasteiger partial charge in [0.2, 0.25) is 0 Å². The average Bonchev–Trinajstić information content (AvgIpc) is 3.15. The van der Waals surface area contributed by atoms with Gasteiger partial charge in [-0.15, -0.1) is 16.4 Å². The fraction of sp³-hybridized carbons (Fsp3) is 0.0714. The molecule has 0 saturated carbocycles. The number of carbonyl (C=O) groups excluding carboxylic acids is 1. The summed E-state index contributed by atoms with van der Waals surface area (Å²) < 4.78 is 11.3. The Labute approximate surface area is 155 Å². The van der Waals surface area contributed by atoms with E-state index >= 15 is 0 Å². The summed E-state index contributed by atoms with van der Waals surface area (Å²) in [5, 5.41) is 10.8. The van der Waals surface area contributed by atoms with Crippen molar-refractivity contribution in [3.63, 3.8) is 0 Å². The molecule has 10 heteroatoms. The fourth-order valence-corrected chi connectivity index (χ4v) is 3.12. The van der Waals surface area contributed by atoms with Crippen LogP contribution in [-0.4, -0.2) is 22.7 Å². The molecule has 2 aromatic heterocycles. The van der Waals surface area contributed by atoms with Crippen molar-refractivity contribution in [2.45, 2.75) is 0 Å². The number of nitrogens with zero attached hydrogens (tertiary/aromatic N) is 2. The molecule has 0 aliphatic rings. The smallest absolute Gasteiger partial charge is 0.322 e. The van der Waals surface area contributed by atoms with Gasteiger partial charge in [-0.2, -0.15) is 0 Å². The molecule has 0 bridgehead atoms. The van der Waals surface area contributed by atoms with Gasteiger partial charge in [-0.3, -0.25) is 10.1 Å². The van der Waals surface area contributed by atoms with Gasteiger partial charge in [0.05, 0.1) is 14.2 Å². The number of hydrogen-bond donors (Lipinski definition) is 1. The van der Waals surface area contributed by atoms with Gasteiger partial charge >= 0.3 is 6.01 Å². The number of benzene rings is 1. The van der Waals surface area contributed by atoms with Crippen molar-refractivity contribution in [2.24, 2.45) is 0 Å². The number of thiophene rings is 1. The zero-order valence-corrected chi connectivity index (χ0v) is 14.8. The molecule has 0 saturated heterocycles. The van der Waals surface area contributed by atoms with Crippen molar-refractivity contribution < 1.29 is 13.9 Å². The van der Waals surface area contributed by atoms with Gasteiger partial charge in [0, 0.05) is 5.02 Å². The number of carbonyl (C=O) groups is 1. The van der Waals surface area contributed by atoms with Gasteiger partial charge in [-0.25, -0.2) is 0 Å². The SMILES string of the molecule is O=C(COc1ccc(Cl)cc1Cl)Nc1nnc(-c2ccc(Cl)s2)o1. The van der Waals surface area contributed by atoms with Crippen LogP contribution in [0.25, 0.3) is 10.8 Å². The molecule has 24 heavy (non-hydrogen) atoms. The molecular weight excluding hydrogens is 397 g/mol. The van der Waals surface area contributed by atoms with E-state index in [1.54, 1.807) is 24.3 Å². The predicted molar refractivity (Wildman–Crippen MR) is 93.2 cm³/mol. The number of anilines is 1. The van der Waals surface area contributed by atoms with Crippen LogP contribution in [0.15, 0.2) is 34.7 Å². The third-order valence-corrected chi connectivity index (χ3v) is 4.46. The Bertz CT molecular complexity index is 881. The Morgan fingerprint density at radius 3 is 2.75 bits per heavy atom. The predicted octanol–water partition coefficient (Wildman–Crippen LogP) is 4.78. The van der Waals surface area contributed by atoms with E-state index in [1.807, 2.05) is 0 Å². The number of aromatic nitrogens is 2. The van der Waals surface area contributed by atoms with E-state index in [2.05, 4.69) is 15.5 Å². The summed E-state index contributed by atoms with van der Waals surface area (Å²) in [5.41, 5.74) is 0. The molecular formula is C14H8Cl3N3O3S. The molecule has 0 atom stereocenters. The van der Waals surface area contributed by atoms with Crippen LogP contribution in [0.2, 0.25) is 14.4 Å². The number of ether oxygens (including phenoxy) is 1. The molecule has 1 N–H and O–H groups in total. The van der Waals surface area contributed by atoms with E-state index in [-0.39, 0.29) is 18.5 Å². The maximum Gasteiger partial charge on any atom is 0.322 e. The van der Waals surface area contributed by atoms with E-state index in [0.29, 0.717) is 25.0 Å². The topological polar surface area (TPSA) is 77.2 Å². The minimum Gasteiger partial charge on any atom is -0.482 e. The molecule has 3 rings (SSSR count). The number of hydrogen-bond acceptors (Lipinski definition) is 6. The van der Waals surface area contributed by atoms with Crippen LogP contribution in [0.3, 0.4) is 0 Å². The lowest BCUT2D eigenvalue weighted by Gasteiger charge is -2.07. The molecule has 2 heterocycles. The van der Waals surface area contributed by atoms with Crippen LogP contribution < -0.4 is 10.1 Å². The second-order valence-corrected chi connectivity index (χ2v) is 6.99. The van der Waals surface area contributed by atoms with Gasteiger partial charge in [-0.1, -0.05) is 39.9 Å². The van der Waals surface area contributed by atoms with Gasteiger partial charge < -0.3 is 9.15 Å². The molecule has 6 nitrogen and oxygen atoms in total. The highest BCUT2D eigenvalue weighted by atomic mass is 35.5. The largest absolute Gasteiger partial charge is 0.482 e. The van der Waals surface area contributed by atoms with Crippen LogP contribution in [-0.2, 0) is 4.79 Å². The molecule has 0 radical (unpaired) electrons. The first-order valence-corrected chi connectivity index (χ1v) is 8.43. The highest BCUT2D eigenvalue weighted by Gasteiger charge is 2.14. The Balaban J connectivity index is 1.58. The second kappa shape index (κ2) is 7.40. The summed E-state index contributed by atoms with van der Waals surface area (Å²) in [5.74, 6) is 0.139. The average molecular weight is 405 g/mol. The quantitative estimate of drug-likeness (QED) is 0.662. The third-order valence-electron chi connectivity index (χ3n) is 2.71. The monoisotopic (exact) mass is 403 g/mol. The van der Waals surface area contributed by atoms with E-state index in [4.69, 9.17) is 44.0 Å². The zero-order valence-electron chi connectivity index (χ0n) is 11.8. The van der Waals surface area contributed by atoms with Crippen LogP contribution in [0.4, 0.5) is 6.01 Å². The number of rotatable bonds is 5. The first-order valence-electron chi connectivity index (χ1n) is 6.48. The second-order valence-electron chi connectivity index (χ2n) is 4.43. The molecule has 124 valence electrons. The number of amides is 1. The summed E-state index contributed by atoms with van der Waals surface area (Å²) in [6.45, 7) is -0.274. The van der Waals surface area contributed by atoms with Gasteiger partial charge in [0.25, 0.3) is 11.8 Å². The van der Waals surface area contributed by atoms with E-state index in [1.165, 1.54) is 17.4 Å². The Hall–Kier alpha value is -1.80. The Kier molecular flexibility index (Phi) is 5.25. The van der Waals surface area contributed by atoms with E-state index < -0.39 is 5.91 Å². The minimum absolute atomic E-state index is 0.0367. The molecule has 1 amide bonds. The lowest BCUT2D eigenvalue weighted by atomic mass is 10.3. The van der Waals surface area contributed by atoms with Gasteiger partial charge in [-0.05, 0) is 30.3 Å². The lowest BCUT2D eigenvalue weighted by molar-refractivity contribution is -0.118. The molecule has 1 aromatic carbocycles. The van der Waals surface area contributed by atoms with Crippen LogP contribution >= 0.6 is 46.1 Å². The summed E-state index contributed by atoms with van der Waals surface area (Å²) >= 11 is 18.9. The highest BCUT2D eigenvalue weighted by molar-refractivity contribution is 7.19. The molecule has 0 fully saturated rings. The van der Waals surface area contributed by atoms with E-state index in [0.717, 1.165) is 0 Å². The van der Waals surface area contributed by atoms with Gasteiger partial charge in [0.15, 0.2) is 6.61 Å². The maximum atomic E-state index is 11.9. The standard InChI is InChI=1S/C14H8Cl3N3O3S/c15-7-1-2-9(8(16)5-7)22-6-12(21)18-14-20-19-13(23-14)10-3-4-11(17)24-10/h1-5H,6H2,(H,18,20,21). The van der Waals surface area contributed by atoms with Crippen molar-refractivity contribution in [3.05, 3.63) is 44.7 Å². The molecule has 3 aromatic rings. The summed E-state index contributed by atoms with van der Waals surface area (Å²) in [6.07, 6.45) is 0. The number of nitrogens with one attached hydrogen (secondary N) is 1. The van der Waals surface area contributed by atoms with Crippen LogP contribution in [0.1, 0.15) is 0 Å². The summed E-state index contributed by atoms with van der Waals surface area (Å²) in [4.78, 5) is 12.6. The van der Waals surface area contributed by atoms with Crippen LogP contribution in [0, 0.1) is 0 Å². The highest BCUT2D eigenvalue weighted by Crippen LogP contribution is 2.31. The Morgan fingerprint density at radius 1 is 1.21 bits per heavy atom. The first-order chi connectivity index (χ1) is 11.5. The summed E-state index contributed by atoms with van der Waals surface area (Å²) in [7, 11) is 0. The third kappa shape index (κ3) is 4.18. The maximum absolute atomic E-state index is 11.9. The Morgan fingerprint density at radius 2 is 2.04 bits per heavy atom. The van der Waals surface area contributed by atoms with E-state index in [9.17, 15) is 4.79 Å². The van der Waals surface area contributed by atoms with Crippen molar-refractivity contribution in [1.82, 2.24) is 10.2 Å². The molecule has 0 aliphatic heterocycles. The van der Waals surface area contributed by atoms with Crippen molar-refractivity contribution >= 4 is 58.1 Å². The van der Waals surface area contributed by atoms with Gasteiger partial charge in [0.1, 0.15) is 5.75 Å². The lowest BCUT2D eigenvalue weighted by Crippen LogP contribution is -2.20. The first kappa shape index (κ1) is 17.0. The molecule has 0 aliphatic carbocycles. The molecule has 0 spiro atoms. The summed E-state index contributed by atoms with van der Waals surface area (Å²) in [6, 6.07) is 8.13.